The summed E-state index contributed by atoms with van der Waals surface area (Å²) < 4.78 is 18.0. The molecule has 1 atom stereocenters. The summed E-state index contributed by atoms with van der Waals surface area (Å²) in [5.74, 6) is 3.59. The lowest BCUT2D eigenvalue weighted by Crippen LogP contribution is -2.31. The summed E-state index contributed by atoms with van der Waals surface area (Å²) >= 11 is 0. The summed E-state index contributed by atoms with van der Waals surface area (Å²) in [6, 6.07) is 31.0. The first-order chi connectivity index (χ1) is 20.0. The minimum atomic E-state index is -0.426. The number of nitrogens with zero attached hydrogens (tertiary/aromatic N) is 1. The number of methoxy groups -OCH3 is 1. The number of benzene rings is 5. The number of anilines is 1. The maximum Gasteiger partial charge on any atom is 0.170 e. The van der Waals surface area contributed by atoms with E-state index in [1.54, 1.807) is 7.11 Å². The molecule has 0 bridgehead atoms. The van der Waals surface area contributed by atoms with Crippen LogP contribution in [0.3, 0.4) is 0 Å². The second-order valence-corrected chi connectivity index (χ2v) is 10.9. The number of aliphatic hydroxyl groups is 1. The van der Waals surface area contributed by atoms with Crippen molar-refractivity contribution in [3.63, 3.8) is 0 Å². The first-order valence-electron chi connectivity index (χ1n) is 13.8. The number of aliphatic hydroxyl groups excluding tert-OH is 1. The van der Waals surface area contributed by atoms with Gasteiger partial charge in [0.2, 0.25) is 0 Å². The third-order valence-corrected chi connectivity index (χ3v) is 8.40. The van der Waals surface area contributed by atoms with Gasteiger partial charge in [-0.15, -0.1) is 0 Å². The van der Waals surface area contributed by atoms with Gasteiger partial charge in [0.1, 0.15) is 5.75 Å². The van der Waals surface area contributed by atoms with E-state index in [0.717, 1.165) is 33.3 Å². The molecule has 0 fully saturated rings. The summed E-state index contributed by atoms with van der Waals surface area (Å²) in [6.45, 7) is -0.0487. The Hall–Kier alpha value is -4.74. The second kappa shape index (κ2) is 11.5. The van der Waals surface area contributed by atoms with Gasteiger partial charge >= 0.3 is 0 Å². The molecule has 0 aromatic heterocycles. The van der Waals surface area contributed by atoms with E-state index in [-0.39, 0.29) is 21.5 Å². The van der Waals surface area contributed by atoms with E-state index in [2.05, 4.69) is 79.7 Å². The third-order valence-electron chi connectivity index (χ3n) is 8.40. The van der Waals surface area contributed by atoms with Crippen LogP contribution in [-0.4, -0.2) is 26.3 Å². The van der Waals surface area contributed by atoms with E-state index in [1.807, 2.05) is 42.5 Å². The minimum Gasteiger partial charge on any atom is -0.497 e. The number of hydrogen-bond acceptors (Lipinski definition) is 5. The predicted octanol–water partition coefficient (Wildman–Crippen LogP) is 9.13. The second-order valence-electron chi connectivity index (χ2n) is 10.9. The molecule has 1 aliphatic heterocycles. The zero-order valence-corrected chi connectivity index (χ0v) is 23.3. The van der Waals surface area contributed by atoms with Gasteiger partial charge in [-0.1, -0.05) is 63.4 Å². The highest BCUT2D eigenvalue weighted by atomic mass is 16.6. The van der Waals surface area contributed by atoms with Crippen molar-refractivity contribution >= 4 is 22.5 Å². The average Bonchev–Trinajstić information content (AvgIpc) is 3.02. The van der Waals surface area contributed by atoms with Crippen LogP contribution >= 0.6 is 0 Å². The lowest BCUT2D eigenvalue weighted by molar-refractivity contribution is 0.281. The van der Waals surface area contributed by atoms with Crippen molar-refractivity contribution in [1.29, 1.82) is 0 Å². The molecule has 0 saturated heterocycles. The molecule has 7 rings (SSSR count). The zero-order chi connectivity index (χ0) is 28.1. The normalized spacial score (nSPS) is 15.9. The zero-order valence-electron chi connectivity index (χ0n) is 23.3. The minimum absolute atomic E-state index is 0. The van der Waals surface area contributed by atoms with Gasteiger partial charge in [0.05, 0.1) is 13.7 Å². The van der Waals surface area contributed by atoms with Crippen LogP contribution in [0.15, 0.2) is 97.1 Å². The highest BCUT2D eigenvalue weighted by Crippen LogP contribution is 2.50. The molecule has 5 aromatic carbocycles. The molecular formula is C38H39NO4. The fraction of sp³-hybridized carbons (Fsp3) is 0.211. The molecule has 5 heteroatoms. The number of allylic oxidation sites excluding steroid dienone is 1. The molecule has 5 nitrogen and oxygen atoms in total. The lowest BCUT2D eigenvalue weighted by atomic mass is 9.66. The largest absolute Gasteiger partial charge is 0.497 e. The van der Waals surface area contributed by atoms with E-state index in [4.69, 9.17) is 14.2 Å². The molecule has 5 aromatic rings. The molecule has 1 unspecified atom stereocenters. The van der Waals surface area contributed by atoms with Crippen LogP contribution in [0.5, 0.6) is 28.7 Å². The van der Waals surface area contributed by atoms with Crippen molar-refractivity contribution in [2.75, 3.05) is 26.1 Å². The number of fused-ring (bicyclic) bond motifs is 5. The van der Waals surface area contributed by atoms with Crippen LogP contribution < -0.4 is 19.1 Å². The Morgan fingerprint density at radius 1 is 0.791 bits per heavy atom. The lowest BCUT2D eigenvalue weighted by Gasteiger charge is -2.37. The predicted molar refractivity (Wildman–Crippen MR) is 177 cm³/mol. The monoisotopic (exact) mass is 573 g/mol. The van der Waals surface area contributed by atoms with Crippen molar-refractivity contribution < 1.29 is 19.3 Å². The fourth-order valence-corrected chi connectivity index (χ4v) is 6.18. The van der Waals surface area contributed by atoms with Gasteiger partial charge in [-0.05, 0) is 99.6 Å². The first kappa shape index (κ1) is 29.7. The molecule has 1 N–H and O–H groups in total. The molecule has 0 spiro atoms. The van der Waals surface area contributed by atoms with Gasteiger partial charge in [-0.25, -0.2) is 0 Å². The summed E-state index contributed by atoms with van der Waals surface area (Å²) in [4.78, 5) is 2.11. The third kappa shape index (κ3) is 4.90. The van der Waals surface area contributed by atoms with E-state index < -0.39 is 5.41 Å². The number of hydrogen-bond donors (Lipinski definition) is 1. The SMILES string of the molecule is C.C.COc1ccc(C2(c3ccc(N(C)C)cc3)C=Cc3c(CO)cc4cc5c(cc4c3C2)Oc2ccccc2O5)cc1. The van der Waals surface area contributed by atoms with Gasteiger partial charge in [-0.2, -0.15) is 0 Å². The Morgan fingerprint density at radius 3 is 1.98 bits per heavy atom. The fourth-order valence-electron chi connectivity index (χ4n) is 6.18. The Morgan fingerprint density at radius 2 is 1.40 bits per heavy atom. The van der Waals surface area contributed by atoms with E-state index in [9.17, 15) is 5.11 Å². The summed E-state index contributed by atoms with van der Waals surface area (Å²) in [7, 11) is 5.80. The van der Waals surface area contributed by atoms with Crippen molar-refractivity contribution in [2.24, 2.45) is 0 Å². The molecule has 2 aliphatic rings. The summed E-state index contributed by atoms with van der Waals surface area (Å²) in [5.41, 5.74) is 6.22. The number of ether oxygens (including phenoxy) is 3. The summed E-state index contributed by atoms with van der Waals surface area (Å²) in [5, 5.41) is 12.5. The van der Waals surface area contributed by atoms with E-state index >= 15 is 0 Å². The first-order valence-corrected chi connectivity index (χ1v) is 13.8. The highest BCUT2D eigenvalue weighted by molar-refractivity contribution is 5.94. The van der Waals surface area contributed by atoms with Crippen LogP contribution in [0, 0.1) is 0 Å². The van der Waals surface area contributed by atoms with Gasteiger partial charge in [-0.3, -0.25) is 0 Å². The Bertz CT molecular complexity index is 1810. The highest BCUT2D eigenvalue weighted by Gasteiger charge is 2.37. The molecule has 1 heterocycles. The Balaban J connectivity index is 0.00000184. The quantitative estimate of drug-likeness (QED) is 0.223. The van der Waals surface area contributed by atoms with Gasteiger partial charge in [0.25, 0.3) is 0 Å². The summed E-state index contributed by atoms with van der Waals surface area (Å²) in [6.07, 6.45) is 5.19. The van der Waals surface area contributed by atoms with Crippen LogP contribution in [0.2, 0.25) is 0 Å². The van der Waals surface area contributed by atoms with Crippen molar-refractivity contribution in [1.82, 2.24) is 0 Å². The molecule has 0 amide bonds. The molecule has 0 radical (unpaired) electrons. The molecule has 1 aliphatic carbocycles. The van der Waals surface area contributed by atoms with Crippen LogP contribution in [0.1, 0.15) is 42.7 Å². The molecular weight excluding hydrogens is 534 g/mol. The average molecular weight is 574 g/mol. The number of rotatable bonds is 5. The van der Waals surface area contributed by atoms with Gasteiger partial charge in [0.15, 0.2) is 23.0 Å². The van der Waals surface area contributed by atoms with E-state index in [0.29, 0.717) is 29.4 Å². The molecule has 43 heavy (non-hydrogen) atoms. The maximum absolute atomic E-state index is 10.4. The van der Waals surface area contributed by atoms with Crippen molar-refractivity contribution in [3.8, 4) is 28.7 Å². The Kier molecular flexibility index (Phi) is 7.96. The van der Waals surface area contributed by atoms with Gasteiger partial charge < -0.3 is 24.2 Å². The topological polar surface area (TPSA) is 51.2 Å². The van der Waals surface area contributed by atoms with E-state index in [1.165, 1.54) is 16.7 Å². The van der Waals surface area contributed by atoms with Crippen LogP contribution in [-0.2, 0) is 18.4 Å². The standard InChI is InChI=1S/C36H31NO4.2CH4/c1-37(2)27-12-8-25(9-13-27)36(26-10-14-28(39-3)15-11-26)17-16-29-24(22-38)18-23-19-34-35(20-30(23)31(29)21-36)41-33-7-5-4-6-32(33)40-34;;/h4-20,38H,21-22H2,1-3H3;2*1H4. The van der Waals surface area contributed by atoms with Gasteiger partial charge in [0, 0.05) is 25.2 Å². The smallest absolute Gasteiger partial charge is 0.170 e. The number of para-hydroxylation sites is 2. The molecule has 220 valence electrons. The maximum atomic E-state index is 10.4. The Labute approximate surface area is 254 Å². The van der Waals surface area contributed by atoms with Crippen LogP contribution in [0.4, 0.5) is 5.69 Å². The van der Waals surface area contributed by atoms with Crippen LogP contribution in [0.25, 0.3) is 16.8 Å². The molecule has 0 saturated carbocycles. The van der Waals surface area contributed by atoms with Crippen molar-refractivity contribution in [3.05, 3.63) is 125 Å². The van der Waals surface area contributed by atoms with Crippen molar-refractivity contribution in [2.45, 2.75) is 33.3 Å².